The molecule has 0 amide bonds. The van der Waals surface area contributed by atoms with Gasteiger partial charge in [-0.2, -0.15) is 0 Å². The van der Waals surface area contributed by atoms with Crippen LogP contribution in [0.3, 0.4) is 0 Å². The SMILES string of the molecule is Cc1ccc(CC(=O)/C=C/[C@H]2[C@@H](C/C=C\CCCC(=O)O)[C@H]3CC[C@@H]2O3)cc1. The number of ether oxygens (including phenoxy) is 1. The van der Waals surface area contributed by atoms with E-state index in [0.717, 1.165) is 31.2 Å². The zero-order valence-electron chi connectivity index (χ0n) is 16.5. The monoisotopic (exact) mass is 382 g/mol. The number of carboxylic acids is 1. The number of rotatable bonds is 10. The Morgan fingerprint density at radius 1 is 1.14 bits per heavy atom. The molecule has 0 saturated carbocycles. The first-order valence-corrected chi connectivity index (χ1v) is 10.3. The van der Waals surface area contributed by atoms with Crippen LogP contribution in [0.4, 0.5) is 0 Å². The maximum atomic E-state index is 12.4. The van der Waals surface area contributed by atoms with Crippen molar-refractivity contribution in [3.8, 4) is 0 Å². The fourth-order valence-electron chi connectivity index (χ4n) is 4.31. The summed E-state index contributed by atoms with van der Waals surface area (Å²) in [6.45, 7) is 2.04. The van der Waals surface area contributed by atoms with Gasteiger partial charge in [0.15, 0.2) is 5.78 Å². The lowest BCUT2D eigenvalue weighted by atomic mass is 9.77. The maximum Gasteiger partial charge on any atom is 0.303 e. The molecule has 4 nitrogen and oxygen atoms in total. The first-order chi connectivity index (χ1) is 13.5. The van der Waals surface area contributed by atoms with E-state index >= 15 is 0 Å². The fraction of sp³-hybridized carbons (Fsp3) is 0.500. The Morgan fingerprint density at radius 2 is 1.89 bits per heavy atom. The molecule has 0 aliphatic carbocycles. The van der Waals surface area contributed by atoms with E-state index in [-0.39, 0.29) is 24.4 Å². The first kappa shape index (κ1) is 20.5. The second kappa shape index (κ2) is 9.83. The minimum atomic E-state index is -0.740. The van der Waals surface area contributed by atoms with Crippen molar-refractivity contribution in [2.24, 2.45) is 11.8 Å². The lowest BCUT2D eigenvalue weighted by Crippen LogP contribution is -2.25. The molecule has 2 aliphatic rings. The topological polar surface area (TPSA) is 63.6 Å². The van der Waals surface area contributed by atoms with Crippen molar-refractivity contribution in [1.82, 2.24) is 0 Å². The highest BCUT2D eigenvalue weighted by molar-refractivity contribution is 5.91. The molecule has 2 saturated heterocycles. The van der Waals surface area contributed by atoms with Gasteiger partial charge in [0.05, 0.1) is 12.2 Å². The van der Waals surface area contributed by atoms with Crippen molar-refractivity contribution in [2.45, 2.75) is 64.1 Å². The molecule has 0 unspecified atom stereocenters. The van der Waals surface area contributed by atoms with Crippen LogP contribution in [0, 0.1) is 18.8 Å². The third kappa shape index (κ3) is 5.65. The number of carbonyl (C=O) groups is 2. The number of hydrogen-bond donors (Lipinski definition) is 1. The number of carbonyl (C=O) groups excluding carboxylic acids is 1. The van der Waals surface area contributed by atoms with Crippen LogP contribution in [0.1, 0.15) is 49.7 Å². The van der Waals surface area contributed by atoms with Gasteiger partial charge in [0.25, 0.3) is 0 Å². The normalized spacial score (nSPS) is 26.5. The van der Waals surface area contributed by atoms with E-state index in [1.54, 1.807) is 6.08 Å². The molecule has 0 aromatic heterocycles. The first-order valence-electron chi connectivity index (χ1n) is 10.3. The summed E-state index contributed by atoms with van der Waals surface area (Å²) in [4.78, 5) is 22.9. The van der Waals surface area contributed by atoms with E-state index < -0.39 is 5.97 Å². The second-order valence-electron chi connectivity index (χ2n) is 8.01. The summed E-state index contributed by atoms with van der Waals surface area (Å²) in [7, 11) is 0. The summed E-state index contributed by atoms with van der Waals surface area (Å²) < 4.78 is 6.10. The van der Waals surface area contributed by atoms with Gasteiger partial charge in [-0.15, -0.1) is 0 Å². The Bertz CT molecular complexity index is 731. The summed E-state index contributed by atoms with van der Waals surface area (Å²) in [5.41, 5.74) is 2.25. The average molecular weight is 383 g/mol. The Labute approximate surface area is 167 Å². The molecule has 3 rings (SSSR count). The van der Waals surface area contributed by atoms with Crippen LogP contribution in [-0.4, -0.2) is 29.1 Å². The number of fused-ring (bicyclic) bond motifs is 2. The highest BCUT2D eigenvalue weighted by Crippen LogP contribution is 2.45. The van der Waals surface area contributed by atoms with Gasteiger partial charge in [-0.25, -0.2) is 0 Å². The largest absolute Gasteiger partial charge is 0.481 e. The molecule has 2 fully saturated rings. The Morgan fingerprint density at radius 3 is 2.64 bits per heavy atom. The lowest BCUT2D eigenvalue weighted by molar-refractivity contribution is -0.137. The number of unbranched alkanes of at least 4 members (excludes halogenated alkanes) is 1. The number of hydrogen-bond acceptors (Lipinski definition) is 3. The maximum absolute atomic E-state index is 12.4. The number of benzene rings is 1. The number of aliphatic carboxylic acids is 1. The molecule has 1 aromatic carbocycles. The van der Waals surface area contributed by atoms with Crippen LogP contribution in [0.25, 0.3) is 0 Å². The summed E-state index contributed by atoms with van der Waals surface area (Å²) in [5, 5.41) is 8.68. The molecule has 4 heteroatoms. The van der Waals surface area contributed by atoms with Crippen molar-refractivity contribution in [3.05, 3.63) is 59.7 Å². The summed E-state index contributed by atoms with van der Waals surface area (Å²) in [6, 6.07) is 8.10. The van der Waals surface area contributed by atoms with E-state index in [1.165, 1.54) is 5.56 Å². The Balaban J connectivity index is 1.51. The Kier molecular flexibility index (Phi) is 7.21. The van der Waals surface area contributed by atoms with Crippen LogP contribution in [0.5, 0.6) is 0 Å². The van der Waals surface area contributed by atoms with Crippen LogP contribution in [-0.2, 0) is 20.7 Å². The number of carboxylic acid groups (broad SMARTS) is 1. The lowest BCUT2D eigenvalue weighted by Gasteiger charge is -2.24. The van der Waals surface area contributed by atoms with E-state index in [9.17, 15) is 9.59 Å². The molecule has 150 valence electrons. The van der Waals surface area contributed by atoms with Gasteiger partial charge in [0, 0.05) is 18.8 Å². The predicted molar refractivity (Wildman–Crippen MR) is 109 cm³/mol. The van der Waals surface area contributed by atoms with Crippen molar-refractivity contribution < 1.29 is 19.4 Å². The van der Waals surface area contributed by atoms with Crippen molar-refractivity contribution in [2.75, 3.05) is 0 Å². The second-order valence-corrected chi connectivity index (χ2v) is 8.01. The minimum absolute atomic E-state index is 0.134. The molecular formula is C24H30O4. The number of ketones is 1. The van der Waals surface area contributed by atoms with Crippen LogP contribution in [0.15, 0.2) is 48.6 Å². The van der Waals surface area contributed by atoms with Gasteiger partial charge in [0.2, 0.25) is 0 Å². The smallest absolute Gasteiger partial charge is 0.303 e. The molecule has 1 N–H and O–H groups in total. The highest BCUT2D eigenvalue weighted by atomic mass is 16.5. The molecular weight excluding hydrogens is 352 g/mol. The molecule has 2 heterocycles. The zero-order valence-corrected chi connectivity index (χ0v) is 16.5. The van der Waals surface area contributed by atoms with Gasteiger partial charge < -0.3 is 9.84 Å². The summed E-state index contributed by atoms with van der Waals surface area (Å²) >= 11 is 0. The average Bonchev–Trinajstić information content (AvgIpc) is 3.26. The molecule has 0 spiro atoms. The third-order valence-electron chi connectivity index (χ3n) is 5.83. The molecule has 2 bridgehead atoms. The highest BCUT2D eigenvalue weighted by Gasteiger charge is 2.46. The van der Waals surface area contributed by atoms with E-state index in [2.05, 4.69) is 18.2 Å². The Hall–Kier alpha value is -2.20. The van der Waals surface area contributed by atoms with Gasteiger partial charge in [-0.1, -0.05) is 48.1 Å². The molecule has 0 radical (unpaired) electrons. The van der Waals surface area contributed by atoms with Crippen molar-refractivity contribution >= 4 is 11.8 Å². The molecule has 4 atom stereocenters. The summed E-state index contributed by atoms with van der Waals surface area (Å²) in [5.74, 6) is 0.104. The van der Waals surface area contributed by atoms with Gasteiger partial charge in [-0.3, -0.25) is 9.59 Å². The van der Waals surface area contributed by atoms with Crippen LogP contribution < -0.4 is 0 Å². The molecule has 2 aliphatic heterocycles. The molecule has 1 aromatic rings. The third-order valence-corrected chi connectivity index (χ3v) is 5.83. The van der Waals surface area contributed by atoms with Crippen LogP contribution >= 0.6 is 0 Å². The predicted octanol–water partition coefficient (Wildman–Crippen LogP) is 4.66. The quantitative estimate of drug-likeness (QED) is 0.363. The summed E-state index contributed by atoms with van der Waals surface area (Å²) in [6.07, 6.45) is 13.8. The standard InChI is InChI=1S/C24H30O4/c1-17-8-10-18(11-9-17)16-19(25)12-13-21-20(22-14-15-23(21)28-22)6-4-2-3-5-7-24(26)27/h2,4,8-13,20-23H,3,5-7,14-16H2,1H3,(H,26,27)/b4-2-,13-12+/t20-,21+,22-,23+/m1/s1. The number of aryl methyl sites for hydroxylation is 1. The van der Waals surface area contributed by atoms with Gasteiger partial charge in [-0.05, 0) is 56.6 Å². The molecule has 28 heavy (non-hydrogen) atoms. The van der Waals surface area contributed by atoms with Crippen LogP contribution in [0.2, 0.25) is 0 Å². The number of allylic oxidation sites excluding steroid dienone is 3. The van der Waals surface area contributed by atoms with E-state index in [0.29, 0.717) is 24.7 Å². The van der Waals surface area contributed by atoms with E-state index in [4.69, 9.17) is 9.84 Å². The van der Waals surface area contributed by atoms with Gasteiger partial charge >= 0.3 is 5.97 Å². The zero-order chi connectivity index (χ0) is 19.9. The van der Waals surface area contributed by atoms with E-state index in [1.807, 2.05) is 31.2 Å². The van der Waals surface area contributed by atoms with Crippen molar-refractivity contribution in [1.29, 1.82) is 0 Å². The van der Waals surface area contributed by atoms with Gasteiger partial charge in [0.1, 0.15) is 0 Å². The fourth-order valence-corrected chi connectivity index (χ4v) is 4.31. The minimum Gasteiger partial charge on any atom is -0.481 e. The van der Waals surface area contributed by atoms with Crippen molar-refractivity contribution in [3.63, 3.8) is 0 Å².